The van der Waals surface area contributed by atoms with Gasteiger partial charge in [-0.25, -0.2) is 0 Å². The van der Waals surface area contributed by atoms with Gasteiger partial charge in [0.25, 0.3) is 0 Å². The molecular weight excluding hydrogens is 336 g/mol. The van der Waals surface area contributed by atoms with Crippen LogP contribution in [0.1, 0.15) is 18.4 Å². The first-order valence-corrected chi connectivity index (χ1v) is 8.90. The highest BCUT2D eigenvalue weighted by Gasteiger charge is 2.25. The van der Waals surface area contributed by atoms with Crippen LogP contribution in [-0.2, 0) is 4.79 Å². The normalized spacial score (nSPS) is 15.1. The molecule has 1 fully saturated rings. The standard InChI is InChI=1S/C20H23ClN2O2/c1-14-3-6-17(7-4-14)23-11-9-15(10-12-23)20(24)22-16-5-8-19(25-2)18(21)13-16/h3-8,13,15H,9-12H2,1-2H3,(H,22,24). The minimum atomic E-state index is 0.0302. The van der Waals surface area contributed by atoms with Gasteiger partial charge in [0.1, 0.15) is 5.75 Å². The summed E-state index contributed by atoms with van der Waals surface area (Å²) in [5.41, 5.74) is 3.19. The van der Waals surface area contributed by atoms with Crippen molar-refractivity contribution in [2.75, 3.05) is 30.4 Å². The summed E-state index contributed by atoms with van der Waals surface area (Å²) < 4.78 is 5.13. The fourth-order valence-electron chi connectivity index (χ4n) is 3.14. The van der Waals surface area contributed by atoms with Crippen LogP contribution >= 0.6 is 11.6 Å². The van der Waals surface area contributed by atoms with Crippen molar-refractivity contribution in [2.45, 2.75) is 19.8 Å². The minimum Gasteiger partial charge on any atom is -0.495 e. The second-order valence-corrected chi connectivity index (χ2v) is 6.84. The highest BCUT2D eigenvalue weighted by molar-refractivity contribution is 6.32. The third kappa shape index (κ3) is 4.26. The van der Waals surface area contributed by atoms with Crippen molar-refractivity contribution in [2.24, 2.45) is 5.92 Å². The molecule has 0 unspecified atom stereocenters. The Balaban J connectivity index is 1.56. The lowest BCUT2D eigenvalue weighted by Crippen LogP contribution is -2.38. The number of aryl methyl sites for hydroxylation is 1. The number of piperidine rings is 1. The van der Waals surface area contributed by atoms with Gasteiger partial charge >= 0.3 is 0 Å². The van der Waals surface area contributed by atoms with Crippen LogP contribution < -0.4 is 15.0 Å². The molecule has 5 heteroatoms. The lowest BCUT2D eigenvalue weighted by molar-refractivity contribution is -0.120. The van der Waals surface area contributed by atoms with Crippen molar-refractivity contribution in [3.8, 4) is 5.75 Å². The third-order valence-electron chi connectivity index (χ3n) is 4.68. The monoisotopic (exact) mass is 358 g/mol. The summed E-state index contributed by atoms with van der Waals surface area (Å²) >= 11 is 6.11. The zero-order valence-electron chi connectivity index (χ0n) is 14.6. The van der Waals surface area contributed by atoms with Gasteiger partial charge in [-0.3, -0.25) is 4.79 Å². The summed E-state index contributed by atoms with van der Waals surface area (Å²) in [6.45, 7) is 3.88. The minimum absolute atomic E-state index is 0.0302. The number of hydrogen-bond donors (Lipinski definition) is 1. The van der Waals surface area contributed by atoms with Crippen molar-refractivity contribution in [1.29, 1.82) is 0 Å². The second-order valence-electron chi connectivity index (χ2n) is 6.44. The van der Waals surface area contributed by atoms with Gasteiger partial charge in [-0.1, -0.05) is 29.3 Å². The number of halogens is 1. The van der Waals surface area contributed by atoms with Crippen LogP contribution in [0.3, 0.4) is 0 Å². The molecule has 2 aromatic rings. The van der Waals surface area contributed by atoms with E-state index in [1.807, 2.05) is 6.07 Å². The molecule has 1 aliphatic rings. The topological polar surface area (TPSA) is 41.6 Å². The molecule has 0 radical (unpaired) electrons. The van der Waals surface area contributed by atoms with Crippen LogP contribution in [0.5, 0.6) is 5.75 Å². The highest BCUT2D eigenvalue weighted by atomic mass is 35.5. The van der Waals surface area contributed by atoms with Crippen LogP contribution in [0.15, 0.2) is 42.5 Å². The Labute approximate surface area is 153 Å². The van der Waals surface area contributed by atoms with E-state index in [0.717, 1.165) is 25.9 Å². The highest BCUT2D eigenvalue weighted by Crippen LogP contribution is 2.29. The molecule has 0 spiro atoms. The summed E-state index contributed by atoms with van der Waals surface area (Å²) in [6, 6.07) is 13.8. The van der Waals surface area contributed by atoms with Crippen LogP contribution in [0.4, 0.5) is 11.4 Å². The molecular formula is C20H23ClN2O2. The summed E-state index contributed by atoms with van der Waals surface area (Å²) in [4.78, 5) is 14.9. The lowest BCUT2D eigenvalue weighted by atomic mass is 9.95. The Hall–Kier alpha value is -2.20. The van der Waals surface area contributed by atoms with Gasteiger partial charge in [0, 0.05) is 30.4 Å². The van der Waals surface area contributed by atoms with Crippen LogP contribution in [0.25, 0.3) is 0 Å². The number of anilines is 2. The smallest absolute Gasteiger partial charge is 0.227 e. The van der Waals surface area contributed by atoms with E-state index in [1.165, 1.54) is 11.3 Å². The van der Waals surface area contributed by atoms with Crippen molar-refractivity contribution in [1.82, 2.24) is 0 Å². The molecule has 4 nitrogen and oxygen atoms in total. The summed E-state index contributed by atoms with van der Waals surface area (Å²) in [5.74, 6) is 0.693. The number of carbonyl (C=O) groups excluding carboxylic acids is 1. The fraction of sp³-hybridized carbons (Fsp3) is 0.350. The first kappa shape index (κ1) is 17.6. The fourth-order valence-corrected chi connectivity index (χ4v) is 3.40. The number of hydrogen-bond acceptors (Lipinski definition) is 3. The maximum atomic E-state index is 12.5. The van der Waals surface area contributed by atoms with E-state index < -0.39 is 0 Å². The summed E-state index contributed by atoms with van der Waals surface area (Å²) in [7, 11) is 1.57. The summed E-state index contributed by atoms with van der Waals surface area (Å²) in [5, 5.41) is 3.46. The third-order valence-corrected chi connectivity index (χ3v) is 4.98. The maximum Gasteiger partial charge on any atom is 0.227 e. The van der Waals surface area contributed by atoms with E-state index in [0.29, 0.717) is 16.5 Å². The van der Waals surface area contributed by atoms with E-state index in [2.05, 4.69) is 41.4 Å². The molecule has 1 amide bonds. The molecule has 1 aliphatic heterocycles. The maximum absolute atomic E-state index is 12.5. The molecule has 0 aromatic heterocycles. The average molecular weight is 359 g/mol. The Morgan fingerprint density at radius 3 is 2.44 bits per heavy atom. The van der Waals surface area contributed by atoms with Crippen molar-refractivity contribution in [3.05, 3.63) is 53.1 Å². The Morgan fingerprint density at radius 1 is 1.16 bits per heavy atom. The van der Waals surface area contributed by atoms with Crippen LogP contribution in [0, 0.1) is 12.8 Å². The number of carbonyl (C=O) groups is 1. The largest absolute Gasteiger partial charge is 0.495 e. The molecule has 1 heterocycles. The predicted molar refractivity (Wildman–Crippen MR) is 103 cm³/mol. The van der Waals surface area contributed by atoms with Gasteiger partial charge in [-0.05, 0) is 50.1 Å². The average Bonchev–Trinajstić information content (AvgIpc) is 2.63. The molecule has 0 aliphatic carbocycles. The lowest BCUT2D eigenvalue weighted by Gasteiger charge is -2.33. The number of nitrogens with one attached hydrogen (secondary N) is 1. The summed E-state index contributed by atoms with van der Waals surface area (Å²) in [6.07, 6.45) is 1.70. The van der Waals surface area contributed by atoms with Gasteiger partial charge in [-0.2, -0.15) is 0 Å². The molecule has 0 saturated carbocycles. The molecule has 132 valence electrons. The molecule has 1 saturated heterocycles. The number of ether oxygens (including phenoxy) is 1. The van der Waals surface area contributed by atoms with Gasteiger partial charge in [0.2, 0.25) is 5.91 Å². The molecule has 25 heavy (non-hydrogen) atoms. The Bertz CT molecular complexity index is 738. The van der Waals surface area contributed by atoms with Crippen molar-refractivity contribution < 1.29 is 9.53 Å². The van der Waals surface area contributed by atoms with Crippen molar-refractivity contribution in [3.63, 3.8) is 0 Å². The number of rotatable bonds is 4. The first-order valence-electron chi connectivity index (χ1n) is 8.53. The second kappa shape index (κ2) is 7.79. The number of amides is 1. The van der Waals surface area contributed by atoms with E-state index in [9.17, 15) is 4.79 Å². The van der Waals surface area contributed by atoms with Crippen molar-refractivity contribution >= 4 is 28.9 Å². The van der Waals surface area contributed by atoms with Gasteiger partial charge in [-0.15, -0.1) is 0 Å². The van der Waals surface area contributed by atoms with Gasteiger partial charge in [0.15, 0.2) is 0 Å². The van der Waals surface area contributed by atoms with E-state index >= 15 is 0 Å². The predicted octanol–water partition coefficient (Wildman–Crippen LogP) is 4.51. The number of benzene rings is 2. The molecule has 3 rings (SSSR count). The van der Waals surface area contributed by atoms with Gasteiger partial charge in [0.05, 0.1) is 12.1 Å². The van der Waals surface area contributed by atoms with E-state index in [-0.39, 0.29) is 11.8 Å². The van der Waals surface area contributed by atoms with Crippen LogP contribution in [-0.4, -0.2) is 26.1 Å². The zero-order chi connectivity index (χ0) is 17.8. The molecule has 2 aromatic carbocycles. The zero-order valence-corrected chi connectivity index (χ0v) is 15.3. The molecule has 1 N–H and O–H groups in total. The van der Waals surface area contributed by atoms with E-state index in [4.69, 9.17) is 16.3 Å². The quantitative estimate of drug-likeness (QED) is 0.874. The number of nitrogens with zero attached hydrogens (tertiary/aromatic N) is 1. The molecule has 0 atom stereocenters. The number of methoxy groups -OCH3 is 1. The molecule has 0 bridgehead atoms. The van der Waals surface area contributed by atoms with Crippen LogP contribution in [0.2, 0.25) is 5.02 Å². The Kier molecular flexibility index (Phi) is 5.49. The Morgan fingerprint density at radius 2 is 1.84 bits per heavy atom. The van der Waals surface area contributed by atoms with Gasteiger partial charge < -0.3 is 15.0 Å². The first-order chi connectivity index (χ1) is 12.1. The van der Waals surface area contributed by atoms with E-state index in [1.54, 1.807) is 19.2 Å². The SMILES string of the molecule is COc1ccc(NC(=O)C2CCN(c3ccc(C)cc3)CC2)cc1Cl.